The van der Waals surface area contributed by atoms with Gasteiger partial charge in [0.15, 0.2) is 0 Å². The van der Waals surface area contributed by atoms with Crippen molar-refractivity contribution in [1.82, 2.24) is 9.44 Å². The van der Waals surface area contributed by atoms with Crippen molar-refractivity contribution in [2.24, 2.45) is 0 Å². The van der Waals surface area contributed by atoms with Crippen molar-refractivity contribution in [3.8, 4) is 0 Å². The summed E-state index contributed by atoms with van der Waals surface area (Å²) < 4.78 is 32.4. The van der Waals surface area contributed by atoms with E-state index in [0.29, 0.717) is 12.0 Å². The van der Waals surface area contributed by atoms with E-state index >= 15 is 0 Å². The van der Waals surface area contributed by atoms with Crippen LogP contribution >= 0.6 is 0 Å². The summed E-state index contributed by atoms with van der Waals surface area (Å²) in [6.07, 6.45) is 0.299. The number of benzene rings is 1. The van der Waals surface area contributed by atoms with Crippen LogP contribution in [0.2, 0.25) is 0 Å². The number of carbonyl (C=O) groups is 1. The van der Waals surface area contributed by atoms with Gasteiger partial charge in [-0.25, -0.2) is 9.52 Å². The predicted octanol–water partition coefficient (Wildman–Crippen LogP) is -0.00230. The van der Waals surface area contributed by atoms with Crippen LogP contribution in [-0.2, 0) is 21.4 Å². The molecule has 0 aliphatic carbocycles. The van der Waals surface area contributed by atoms with Crippen LogP contribution in [0.4, 0.5) is 0 Å². The largest absolute Gasteiger partial charge is 0.478 e. The molecule has 112 valence electrons. The summed E-state index contributed by atoms with van der Waals surface area (Å²) in [7, 11) is -2.11. The van der Waals surface area contributed by atoms with Crippen molar-refractivity contribution >= 4 is 16.2 Å². The zero-order valence-electron chi connectivity index (χ0n) is 11.1. The van der Waals surface area contributed by atoms with Crippen molar-refractivity contribution in [2.45, 2.75) is 6.42 Å². The SMILES string of the molecule is COCCNS(=O)(=O)NCCc1ccccc1C(=O)O. The highest BCUT2D eigenvalue weighted by molar-refractivity contribution is 7.87. The molecular weight excluding hydrogens is 284 g/mol. The zero-order valence-corrected chi connectivity index (χ0v) is 11.9. The zero-order chi connectivity index (χ0) is 15.0. The van der Waals surface area contributed by atoms with Crippen molar-refractivity contribution in [3.05, 3.63) is 35.4 Å². The van der Waals surface area contributed by atoms with E-state index in [9.17, 15) is 13.2 Å². The monoisotopic (exact) mass is 302 g/mol. The quantitative estimate of drug-likeness (QED) is 0.557. The summed E-state index contributed by atoms with van der Waals surface area (Å²) in [6, 6.07) is 6.50. The van der Waals surface area contributed by atoms with Gasteiger partial charge in [-0.3, -0.25) is 0 Å². The number of hydrogen-bond acceptors (Lipinski definition) is 4. The Balaban J connectivity index is 2.50. The molecule has 0 aromatic heterocycles. The fourth-order valence-electron chi connectivity index (χ4n) is 1.60. The molecule has 0 saturated heterocycles. The number of hydrogen-bond donors (Lipinski definition) is 3. The van der Waals surface area contributed by atoms with Crippen LogP contribution < -0.4 is 9.44 Å². The molecule has 7 nitrogen and oxygen atoms in total. The van der Waals surface area contributed by atoms with Gasteiger partial charge >= 0.3 is 5.97 Å². The van der Waals surface area contributed by atoms with E-state index in [1.165, 1.54) is 13.2 Å². The number of carboxylic acid groups (broad SMARTS) is 1. The van der Waals surface area contributed by atoms with Gasteiger partial charge in [-0.05, 0) is 18.1 Å². The van der Waals surface area contributed by atoms with Crippen molar-refractivity contribution < 1.29 is 23.1 Å². The first kappa shape index (κ1) is 16.6. The van der Waals surface area contributed by atoms with Crippen molar-refractivity contribution in [1.29, 1.82) is 0 Å². The third-order valence-corrected chi connectivity index (χ3v) is 3.70. The molecule has 1 rings (SSSR count). The summed E-state index contributed by atoms with van der Waals surface area (Å²) in [4.78, 5) is 11.0. The Hall–Kier alpha value is -1.48. The second-order valence-electron chi connectivity index (χ2n) is 4.00. The summed E-state index contributed by atoms with van der Waals surface area (Å²) in [5, 5.41) is 9.00. The molecule has 8 heteroatoms. The minimum absolute atomic E-state index is 0.118. The first-order valence-corrected chi connectivity index (χ1v) is 7.49. The first-order chi connectivity index (χ1) is 9.46. The van der Waals surface area contributed by atoms with Crippen molar-refractivity contribution in [2.75, 3.05) is 26.8 Å². The Kier molecular flexibility index (Phi) is 6.59. The Morgan fingerprint density at radius 3 is 2.55 bits per heavy atom. The fraction of sp³-hybridized carbons (Fsp3) is 0.417. The first-order valence-electron chi connectivity index (χ1n) is 6.00. The Morgan fingerprint density at radius 2 is 1.90 bits per heavy atom. The maximum absolute atomic E-state index is 11.5. The van der Waals surface area contributed by atoms with Crippen LogP contribution in [-0.4, -0.2) is 46.3 Å². The molecule has 0 radical (unpaired) electrons. The van der Waals surface area contributed by atoms with Gasteiger partial charge in [0.2, 0.25) is 0 Å². The summed E-state index contributed by atoms with van der Waals surface area (Å²) in [5.41, 5.74) is 0.763. The lowest BCUT2D eigenvalue weighted by Gasteiger charge is -2.09. The molecule has 0 fully saturated rings. The van der Waals surface area contributed by atoms with E-state index < -0.39 is 16.2 Å². The van der Waals surface area contributed by atoms with Gasteiger partial charge in [0.25, 0.3) is 10.2 Å². The number of carboxylic acids is 1. The minimum Gasteiger partial charge on any atom is -0.478 e. The van der Waals surface area contributed by atoms with Gasteiger partial charge in [0.05, 0.1) is 12.2 Å². The highest BCUT2D eigenvalue weighted by Gasteiger charge is 2.11. The van der Waals surface area contributed by atoms with Gasteiger partial charge in [0, 0.05) is 20.2 Å². The lowest BCUT2D eigenvalue weighted by atomic mass is 10.1. The molecule has 20 heavy (non-hydrogen) atoms. The third kappa shape index (κ3) is 5.66. The molecule has 0 saturated carbocycles. The van der Waals surface area contributed by atoms with Crippen molar-refractivity contribution in [3.63, 3.8) is 0 Å². The normalized spacial score (nSPS) is 11.4. The van der Waals surface area contributed by atoms with Crippen LogP contribution in [0.25, 0.3) is 0 Å². The molecule has 0 unspecified atom stereocenters. The minimum atomic E-state index is -3.58. The number of methoxy groups -OCH3 is 1. The fourth-order valence-corrected chi connectivity index (χ4v) is 2.42. The average Bonchev–Trinajstić information content (AvgIpc) is 2.39. The number of rotatable bonds is 9. The van der Waals surface area contributed by atoms with E-state index in [1.807, 2.05) is 0 Å². The Labute approximate surface area is 118 Å². The van der Waals surface area contributed by atoms with Crippen LogP contribution in [0.3, 0.4) is 0 Å². The summed E-state index contributed by atoms with van der Waals surface area (Å²) >= 11 is 0. The van der Waals surface area contributed by atoms with Gasteiger partial charge in [-0.1, -0.05) is 18.2 Å². The molecule has 0 atom stereocenters. The van der Waals surface area contributed by atoms with Gasteiger partial charge in [0.1, 0.15) is 0 Å². The van der Waals surface area contributed by atoms with Gasteiger partial charge < -0.3 is 9.84 Å². The number of aromatic carboxylic acids is 1. The second-order valence-corrected chi connectivity index (χ2v) is 5.58. The molecule has 0 amide bonds. The number of ether oxygens (including phenoxy) is 1. The Bertz CT molecular complexity index is 545. The van der Waals surface area contributed by atoms with Crippen LogP contribution in [0, 0.1) is 0 Å². The standard InChI is InChI=1S/C12H18N2O5S/c1-19-9-8-14-20(17,18)13-7-6-10-4-2-3-5-11(10)12(15)16/h2-5,13-14H,6-9H2,1H3,(H,15,16). The molecular formula is C12H18N2O5S. The van der Waals surface area contributed by atoms with E-state index in [2.05, 4.69) is 9.44 Å². The maximum atomic E-state index is 11.5. The van der Waals surface area contributed by atoms with Gasteiger partial charge in [-0.15, -0.1) is 0 Å². The van der Waals surface area contributed by atoms with Crippen LogP contribution in [0.15, 0.2) is 24.3 Å². The van der Waals surface area contributed by atoms with Crippen LogP contribution in [0.5, 0.6) is 0 Å². The molecule has 3 N–H and O–H groups in total. The molecule has 0 aliphatic rings. The third-order valence-electron chi connectivity index (χ3n) is 2.53. The second kappa shape index (κ2) is 7.95. The van der Waals surface area contributed by atoms with Crippen LogP contribution in [0.1, 0.15) is 15.9 Å². The van der Waals surface area contributed by atoms with Gasteiger partial charge in [-0.2, -0.15) is 13.1 Å². The summed E-state index contributed by atoms with van der Waals surface area (Å²) in [5.74, 6) is -1.03. The molecule has 0 spiro atoms. The maximum Gasteiger partial charge on any atom is 0.335 e. The van der Waals surface area contributed by atoms with E-state index in [1.54, 1.807) is 18.2 Å². The summed E-state index contributed by atoms with van der Waals surface area (Å²) in [6.45, 7) is 0.576. The van der Waals surface area contributed by atoms with E-state index in [-0.39, 0.29) is 25.3 Å². The smallest absolute Gasteiger partial charge is 0.335 e. The lowest BCUT2D eigenvalue weighted by Crippen LogP contribution is -2.39. The topological polar surface area (TPSA) is 105 Å². The predicted molar refractivity (Wildman–Crippen MR) is 73.9 cm³/mol. The van der Waals surface area contributed by atoms with E-state index in [0.717, 1.165) is 0 Å². The molecule has 1 aromatic rings. The highest BCUT2D eigenvalue weighted by Crippen LogP contribution is 2.09. The lowest BCUT2D eigenvalue weighted by molar-refractivity contribution is 0.0695. The Morgan fingerprint density at radius 1 is 1.25 bits per heavy atom. The number of nitrogens with one attached hydrogen (secondary N) is 2. The molecule has 0 aliphatic heterocycles. The highest BCUT2D eigenvalue weighted by atomic mass is 32.2. The molecule has 0 heterocycles. The molecule has 1 aromatic carbocycles. The van der Waals surface area contributed by atoms with E-state index in [4.69, 9.17) is 9.84 Å². The molecule has 0 bridgehead atoms. The average molecular weight is 302 g/mol.